The molecule has 1 heterocycles. The lowest BCUT2D eigenvalue weighted by Gasteiger charge is -2.23. The number of hydrogen-bond acceptors (Lipinski definition) is 5. The average molecular weight is 265 g/mol. The van der Waals surface area contributed by atoms with Crippen LogP contribution in [-0.4, -0.2) is 55.6 Å². The highest BCUT2D eigenvalue weighted by Crippen LogP contribution is 2.22. The van der Waals surface area contributed by atoms with Crippen molar-refractivity contribution in [2.24, 2.45) is 0 Å². The van der Waals surface area contributed by atoms with Gasteiger partial charge in [0.05, 0.1) is 0 Å². The van der Waals surface area contributed by atoms with E-state index in [2.05, 4.69) is 60.1 Å². The van der Waals surface area contributed by atoms with Crippen LogP contribution < -0.4 is 10.2 Å². The average Bonchev–Trinajstić information content (AvgIpc) is 2.41. The van der Waals surface area contributed by atoms with E-state index >= 15 is 0 Å². The molecule has 108 valence electrons. The van der Waals surface area contributed by atoms with Gasteiger partial charge in [0.2, 0.25) is 0 Å². The molecule has 0 aliphatic carbocycles. The maximum absolute atomic E-state index is 4.45. The van der Waals surface area contributed by atoms with E-state index in [0.29, 0.717) is 0 Å². The minimum atomic E-state index is 0.939. The summed E-state index contributed by atoms with van der Waals surface area (Å²) < 4.78 is 0. The van der Waals surface area contributed by atoms with Crippen LogP contribution in [0.4, 0.5) is 11.6 Å². The molecule has 1 N–H and O–H groups in total. The topological polar surface area (TPSA) is 44.3 Å². The Morgan fingerprint density at radius 1 is 1.11 bits per heavy atom. The van der Waals surface area contributed by atoms with Gasteiger partial charge in [-0.15, -0.1) is 0 Å². The van der Waals surface area contributed by atoms with Crippen molar-refractivity contribution in [1.29, 1.82) is 0 Å². The van der Waals surface area contributed by atoms with Crippen molar-refractivity contribution in [3.63, 3.8) is 0 Å². The van der Waals surface area contributed by atoms with Crippen LogP contribution >= 0.6 is 0 Å². The minimum Gasteiger partial charge on any atom is -0.370 e. The molecule has 0 atom stereocenters. The molecular weight excluding hydrogens is 238 g/mol. The van der Waals surface area contributed by atoms with E-state index in [-0.39, 0.29) is 0 Å². The van der Waals surface area contributed by atoms with Crippen LogP contribution in [0, 0.1) is 0 Å². The summed E-state index contributed by atoms with van der Waals surface area (Å²) in [7, 11) is 6.26. The number of aromatic nitrogens is 2. The Kier molecular flexibility index (Phi) is 6.56. The van der Waals surface area contributed by atoms with Crippen molar-refractivity contribution < 1.29 is 0 Å². The number of hydrogen-bond donors (Lipinski definition) is 1. The van der Waals surface area contributed by atoms with Crippen molar-refractivity contribution in [3.05, 3.63) is 11.9 Å². The fourth-order valence-electron chi connectivity index (χ4n) is 1.91. The zero-order chi connectivity index (χ0) is 14.3. The Bertz CT molecular complexity index is 378. The summed E-state index contributed by atoms with van der Waals surface area (Å²) in [6.07, 6.45) is 3.69. The highest BCUT2D eigenvalue weighted by molar-refractivity contribution is 5.58. The number of likely N-dealkylation sites (N-methyl/N-ethyl adjacent to an activating group) is 2. The number of rotatable bonds is 8. The van der Waals surface area contributed by atoms with Gasteiger partial charge in [-0.2, -0.15) is 0 Å². The zero-order valence-corrected chi connectivity index (χ0v) is 12.9. The maximum atomic E-state index is 4.45. The summed E-state index contributed by atoms with van der Waals surface area (Å²) in [5, 5.41) is 3.39. The van der Waals surface area contributed by atoms with E-state index in [4.69, 9.17) is 0 Å². The molecule has 0 amide bonds. The molecule has 0 saturated carbocycles. The standard InChI is InChI=1S/C14H27N5/c1-6-8-15-13-12(7-2)14(17-11-16-13)19(5)10-9-18(3)4/h11H,6-10H2,1-5H3,(H,15,16,17). The van der Waals surface area contributed by atoms with Gasteiger partial charge in [-0.3, -0.25) is 0 Å². The smallest absolute Gasteiger partial charge is 0.137 e. The second-order valence-corrected chi connectivity index (χ2v) is 5.03. The fourth-order valence-corrected chi connectivity index (χ4v) is 1.91. The van der Waals surface area contributed by atoms with E-state index in [9.17, 15) is 0 Å². The van der Waals surface area contributed by atoms with Crippen LogP contribution in [0.2, 0.25) is 0 Å². The third-order valence-corrected chi connectivity index (χ3v) is 3.06. The maximum Gasteiger partial charge on any atom is 0.137 e. The first-order valence-electron chi connectivity index (χ1n) is 7.03. The highest BCUT2D eigenvalue weighted by atomic mass is 15.2. The first-order chi connectivity index (χ1) is 9.10. The Labute approximate surface area is 117 Å². The van der Waals surface area contributed by atoms with Gasteiger partial charge in [0.25, 0.3) is 0 Å². The van der Waals surface area contributed by atoms with Gasteiger partial charge in [-0.25, -0.2) is 9.97 Å². The van der Waals surface area contributed by atoms with Gasteiger partial charge in [-0.1, -0.05) is 13.8 Å². The molecule has 0 aromatic carbocycles. The van der Waals surface area contributed by atoms with Crippen LogP contribution in [0.5, 0.6) is 0 Å². The summed E-state index contributed by atoms with van der Waals surface area (Å²) in [5.74, 6) is 2.02. The van der Waals surface area contributed by atoms with Crippen molar-refractivity contribution in [3.8, 4) is 0 Å². The van der Waals surface area contributed by atoms with Gasteiger partial charge in [0.15, 0.2) is 0 Å². The Morgan fingerprint density at radius 2 is 1.84 bits per heavy atom. The predicted octanol–water partition coefficient (Wildman–Crippen LogP) is 1.86. The molecule has 1 rings (SSSR count). The van der Waals surface area contributed by atoms with E-state index in [1.54, 1.807) is 6.33 Å². The fraction of sp³-hybridized carbons (Fsp3) is 0.714. The summed E-state index contributed by atoms with van der Waals surface area (Å²) in [6, 6.07) is 0. The molecule has 0 aliphatic rings. The molecule has 1 aromatic rings. The number of nitrogens with zero attached hydrogens (tertiary/aromatic N) is 4. The molecule has 0 fully saturated rings. The first-order valence-corrected chi connectivity index (χ1v) is 7.03. The second kappa shape index (κ2) is 7.94. The molecule has 5 nitrogen and oxygen atoms in total. The molecule has 0 saturated heterocycles. The van der Waals surface area contributed by atoms with Gasteiger partial charge >= 0.3 is 0 Å². The molecule has 19 heavy (non-hydrogen) atoms. The van der Waals surface area contributed by atoms with Crippen molar-refractivity contribution >= 4 is 11.6 Å². The molecular formula is C14H27N5. The largest absolute Gasteiger partial charge is 0.370 e. The highest BCUT2D eigenvalue weighted by Gasteiger charge is 2.13. The van der Waals surface area contributed by atoms with Crippen LogP contribution in [0.1, 0.15) is 25.8 Å². The van der Waals surface area contributed by atoms with Crippen molar-refractivity contribution in [1.82, 2.24) is 14.9 Å². The van der Waals surface area contributed by atoms with Crippen LogP contribution in [0.25, 0.3) is 0 Å². The van der Waals surface area contributed by atoms with E-state index < -0.39 is 0 Å². The predicted molar refractivity (Wildman–Crippen MR) is 82.0 cm³/mol. The third kappa shape index (κ3) is 4.67. The lowest BCUT2D eigenvalue weighted by Crippen LogP contribution is -2.30. The number of nitrogens with one attached hydrogen (secondary N) is 1. The van der Waals surface area contributed by atoms with Crippen molar-refractivity contribution in [2.45, 2.75) is 26.7 Å². The Morgan fingerprint density at radius 3 is 2.42 bits per heavy atom. The zero-order valence-electron chi connectivity index (χ0n) is 12.9. The summed E-state index contributed by atoms with van der Waals surface area (Å²) in [5.41, 5.74) is 1.21. The minimum absolute atomic E-state index is 0.939. The normalized spacial score (nSPS) is 10.8. The van der Waals surface area contributed by atoms with Gasteiger partial charge in [0.1, 0.15) is 18.0 Å². The second-order valence-electron chi connectivity index (χ2n) is 5.03. The van der Waals surface area contributed by atoms with Gasteiger partial charge in [0, 0.05) is 32.2 Å². The quantitative estimate of drug-likeness (QED) is 0.777. The summed E-state index contributed by atoms with van der Waals surface area (Å²) in [6.45, 7) is 7.24. The van der Waals surface area contributed by atoms with Crippen LogP contribution in [-0.2, 0) is 6.42 Å². The third-order valence-electron chi connectivity index (χ3n) is 3.06. The van der Waals surface area contributed by atoms with Crippen LogP contribution in [0.3, 0.4) is 0 Å². The SMILES string of the molecule is CCCNc1ncnc(N(C)CCN(C)C)c1CC. The van der Waals surface area contributed by atoms with Crippen LogP contribution in [0.15, 0.2) is 6.33 Å². The lowest BCUT2D eigenvalue weighted by atomic mass is 10.2. The summed E-state index contributed by atoms with van der Waals surface area (Å²) >= 11 is 0. The molecule has 0 spiro atoms. The van der Waals surface area contributed by atoms with Gasteiger partial charge < -0.3 is 15.1 Å². The van der Waals surface area contributed by atoms with Crippen molar-refractivity contribution in [2.75, 3.05) is 51.0 Å². The van der Waals surface area contributed by atoms with E-state index in [0.717, 1.165) is 44.1 Å². The molecule has 0 unspecified atom stereocenters. The first kappa shape index (κ1) is 15.7. The number of anilines is 2. The molecule has 0 radical (unpaired) electrons. The lowest BCUT2D eigenvalue weighted by molar-refractivity contribution is 0.416. The molecule has 1 aromatic heterocycles. The van der Waals surface area contributed by atoms with E-state index in [1.807, 2.05) is 0 Å². The van der Waals surface area contributed by atoms with E-state index in [1.165, 1.54) is 5.56 Å². The monoisotopic (exact) mass is 265 g/mol. The summed E-state index contributed by atoms with van der Waals surface area (Å²) in [4.78, 5) is 13.2. The Balaban J connectivity index is 2.86. The molecule has 5 heteroatoms. The molecule has 0 bridgehead atoms. The van der Waals surface area contributed by atoms with Gasteiger partial charge in [-0.05, 0) is 26.9 Å². The Hall–Kier alpha value is -1.36. The molecule has 0 aliphatic heterocycles.